The van der Waals surface area contributed by atoms with Gasteiger partial charge in [-0.05, 0) is 48.2 Å². The molecule has 0 aliphatic carbocycles. The number of hydrogen-bond donors (Lipinski definition) is 2. The molecule has 3 aromatic rings. The van der Waals surface area contributed by atoms with Gasteiger partial charge in [-0.25, -0.2) is 8.42 Å². The Kier molecular flexibility index (Phi) is 4.87. The van der Waals surface area contributed by atoms with E-state index in [2.05, 4.69) is 10.0 Å². The van der Waals surface area contributed by atoms with Crippen LogP contribution in [0.1, 0.15) is 15.2 Å². The number of sulfonamides is 1. The molecule has 1 heterocycles. The van der Waals surface area contributed by atoms with Gasteiger partial charge in [0.1, 0.15) is 0 Å². The molecule has 0 fully saturated rings. The van der Waals surface area contributed by atoms with E-state index in [0.29, 0.717) is 16.3 Å². The van der Waals surface area contributed by atoms with Gasteiger partial charge < -0.3 is 5.32 Å². The maximum Gasteiger partial charge on any atom is 0.265 e. The summed E-state index contributed by atoms with van der Waals surface area (Å²) in [6, 6.07) is 16.8. The molecule has 1 amide bonds. The minimum Gasteiger partial charge on any atom is -0.321 e. The molecular weight excluding hydrogens is 356 g/mol. The molecule has 0 aliphatic heterocycles. The molecule has 0 saturated heterocycles. The Morgan fingerprint density at radius 3 is 2.44 bits per heavy atom. The largest absolute Gasteiger partial charge is 0.321 e. The molecule has 0 spiro atoms. The fraction of sp³-hybridized carbons (Fsp3) is 0.0556. The lowest BCUT2D eigenvalue weighted by molar-refractivity contribution is 0.103. The van der Waals surface area contributed by atoms with Gasteiger partial charge in [0, 0.05) is 5.69 Å². The van der Waals surface area contributed by atoms with E-state index < -0.39 is 10.0 Å². The van der Waals surface area contributed by atoms with Crippen molar-refractivity contribution >= 4 is 38.6 Å². The summed E-state index contributed by atoms with van der Waals surface area (Å²) in [5, 5.41) is 4.60. The van der Waals surface area contributed by atoms with Crippen LogP contribution in [0.5, 0.6) is 0 Å². The molecule has 0 saturated carbocycles. The summed E-state index contributed by atoms with van der Waals surface area (Å²) in [4.78, 5) is 12.9. The van der Waals surface area contributed by atoms with Crippen molar-refractivity contribution in [1.82, 2.24) is 0 Å². The van der Waals surface area contributed by atoms with Gasteiger partial charge in [-0.15, -0.1) is 11.3 Å². The van der Waals surface area contributed by atoms with Crippen molar-refractivity contribution in [2.24, 2.45) is 0 Å². The number of thiophene rings is 1. The van der Waals surface area contributed by atoms with Crippen LogP contribution >= 0.6 is 11.3 Å². The maximum absolute atomic E-state index is 12.5. The molecule has 25 heavy (non-hydrogen) atoms. The van der Waals surface area contributed by atoms with Gasteiger partial charge in [0.15, 0.2) is 0 Å². The zero-order valence-corrected chi connectivity index (χ0v) is 15.0. The van der Waals surface area contributed by atoms with Crippen molar-refractivity contribution in [3.8, 4) is 0 Å². The Hall–Kier alpha value is -2.64. The van der Waals surface area contributed by atoms with E-state index in [0.717, 1.165) is 5.56 Å². The summed E-state index contributed by atoms with van der Waals surface area (Å²) in [5.74, 6) is -0.226. The SMILES string of the molecule is Cc1ccc(NC(=O)c2cccs2)cc1NS(=O)(=O)c1ccccc1. The van der Waals surface area contributed by atoms with Gasteiger partial charge in [0.05, 0.1) is 15.5 Å². The summed E-state index contributed by atoms with van der Waals surface area (Å²) in [7, 11) is -3.68. The first-order valence-corrected chi connectivity index (χ1v) is 9.85. The molecule has 2 aromatic carbocycles. The van der Waals surface area contributed by atoms with E-state index in [-0.39, 0.29) is 10.8 Å². The fourth-order valence-electron chi connectivity index (χ4n) is 2.21. The highest BCUT2D eigenvalue weighted by Crippen LogP contribution is 2.24. The Morgan fingerprint density at radius 2 is 1.76 bits per heavy atom. The highest BCUT2D eigenvalue weighted by atomic mass is 32.2. The average Bonchev–Trinajstić information content (AvgIpc) is 3.13. The second kappa shape index (κ2) is 7.08. The summed E-state index contributed by atoms with van der Waals surface area (Å²) in [5.41, 5.74) is 1.70. The maximum atomic E-state index is 12.5. The zero-order valence-electron chi connectivity index (χ0n) is 13.4. The number of aryl methyl sites for hydroxylation is 1. The van der Waals surface area contributed by atoms with Crippen molar-refractivity contribution in [2.75, 3.05) is 10.0 Å². The first-order chi connectivity index (χ1) is 12.0. The van der Waals surface area contributed by atoms with Crippen molar-refractivity contribution in [3.05, 3.63) is 76.5 Å². The molecule has 5 nitrogen and oxygen atoms in total. The molecule has 0 atom stereocenters. The quantitative estimate of drug-likeness (QED) is 0.708. The van der Waals surface area contributed by atoms with Gasteiger partial charge in [-0.2, -0.15) is 0 Å². The summed E-state index contributed by atoms with van der Waals surface area (Å²) < 4.78 is 27.5. The smallest absolute Gasteiger partial charge is 0.265 e. The van der Waals surface area contributed by atoms with E-state index in [1.807, 2.05) is 5.38 Å². The number of nitrogens with one attached hydrogen (secondary N) is 2. The van der Waals surface area contributed by atoms with Crippen LogP contribution in [0.15, 0.2) is 70.9 Å². The molecule has 1 aromatic heterocycles. The van der Waals surface area contributed by atoms with E-state index >= 15 is 0 Å². The van der Waals surface area contributed by atoms with Crippen LogP contribution in [0.3, 0.4) is 0 Å². The van der Waals surface area contributed by atoms with Crippen molar-refractivity contribution in [3.63, 3.8) is 0 Å². The van der Waals surface area contributed by atoms with Gasteiger partial charge in [0.2, 0.25) is 0 Å². The van der Waals surface area contributed by atoms with Crippen LogP contribution in [-0.2, 0) is 10.0 Å². The second-order valence-corrected chi connectivity index (χ2v) is 8.01. The molecule has 0 radical (unpaired) electrons. The van der Waals surface area contributed by atoms with E-state index in [1.54, 1.807) is 55.5 Å². The van der Waals surface area contributed by atoms with Gasteiger partial charge in [-0.1, -0.05) is 30.3 Å². The molecule has 0 unspecified atom stereocenters. The first kappa shape index (κ1) is 17.2. The van der Waals surface area contributed by atoms with Gasteiger partial charge >= 0.3 is 0 Å². The topological polar surface area (TPSA) is 75.3 Å². The predicted octanol–water partition coefficient (Wildman–Crippen LogP) is 4.11. The van der Waals surface area contributed by atoms with Crippen LogP contribution in [0.4, 0.5) is 11.4 Å². The second-order valence-electron chi connectivity index (χ2n) is 5.38. The first-order valence-electron chi connectivity index (χ1n) is 7.49. The third kappa shape index (κ3) is 4.07. The molecule has 2 N–H and O–H groups in total. The lowest BCUT2D eigenvalue weighted by Gasteiger charge is -2.13. The number of amides is 1. The Labute approximate surface area is 150 Å². The van der Waals surface area contributed by atoms with Crippen LogP contribution < -0.4 is 10.0 Å². The molecule has 7 heteroatoms. The number of carbonyl (C=O) groups excluding carboxylic acids is 1. The van der Waals surface area contributed by atoms with Crippen molar-refractivity contribution < 1.29 is 13.2 Å². The normalized spacial score (nSPS) is 11.1. The van der Waals surface area contributed by atoms with E-state index in [4.69, 9.17) is 0 Å². The molecule has 0 bridgehead atoms. The summed E-state index contributed by atoms with van der Waals surface area (Å²) in [6.45, 7) is 1.80. The highest BCUT2D eigenvalue weighted by molar-refractivity contribution is 7.92. The average molecular weight is 372 g/mol. The van der Waals surface area contributed by atoms with Gasteiger partial charge in [-0.3, -0.25) is 9.52 Å². The van der Waals surface area contributed by atoms with Gasteiger partial charge in [0.25, 0.3) is 15.9 Å². The number of anilines is 2. The molecule has 128 valence electrons. The monoisotopic (exact) mass is 372 g/mol. The lowest BCUT2D eigenvalue weighted by Crippen LogP contribution is -2.15. The number of benzene rings is 2. The van der Waals surface area contributed by atoms with Crippen LogP contribution in [0.2, 0.25) is 0 Å². The molecule has 0 aliphatic rings. The lowest BCUT2D eigenvalue weighted by atomic mass is 10.2. The minimum atomic E-state index is -3.68. The number of rotatable bonds is 5. The summed E-state index contributed by atoms with van der Waals surface area (Å²) >= 11 is 1.34. The zero-order chi connectivity index (χ0) is 17.9. The Morgan fingerprint density at radius 1 is 1.00 bits per heavy atom. The molecular formula is C18H16N2O3S2. The number of hydrogen-bond acceptors (Lipinski definition) is 4. The minimum absolute atomic E-state index is 0.183. The Balaban J connectivity index is 1.84. The summed E-state index contributed by atoms with van der Waals surface area (Å²) in [6.07, 6.45) is 0. The Bertz CT molecular complexity index is 982. The predicted molar refractivity (Wildman–Crippen MR) is 101 cm³/mol. The van der Waals surface area contributed by atoms with Crippen LogP contribution in [-0.4, -0.2) is 14.3 Å². The van der Waals surface area contributed by atoms with Crippen molar-refractivity contribution in [1.29, 1.82) is 0 Å². The third-order valence-corrected chi connectivity index (χ3v) is 5.79. The molecule has 3 rings (SSSR count). The fourth-order valence-corrected chi connectivity index (χ4v) is 3.98. The van der Waals surface area contributed by atoms with Crippen LogP contribution in [0.25, 0.3) is 0 Å². The number of carbonyl (C=O) groups is 1. The third-order valence-electron chi connectivity index (χ3n) is 3.54. The van der Waals surface area contributed by atoms with E-state index in [1.165, 1.54) is 23.5 Å². The van der Waals surface area contributed by atoms with E-state index in [9.17, 15) is 13.2 Å². The van der Waals surface area contributed by atoms with Crippen molar-refractivity contribution in [2.45, 2.75) is 11.8 Å². The highest BCUT2D eigenvalue weighted by Gasteiger charge is 2.15. The standard InChI is InChI=1S/C18H16N2O3S2/c1-13-9-10-14(19-18(21)17-8-5-11-24-17)12-16(13)20-25(22,23)15-6-3-2-4-7-15/h2-12,20H,1H3,(H,19,21). The van der Waals surface area contributed by atoms with Crippen LogP contribution in [0, 0.1) is 6.92 Å².